The summed E-state index contributed by atoms with van der Waals surface area (Å²) in [6.45, 7) is 6.10. The summed E-state index contributed by atoms with van der Waals surface area (Å²) in [5, 5.41) is 2.57. The highest BCUT2D eigenvalue weighted by Gasteiger charge is 2.17. The molecule has 1 saturated heterocycles. The highest BCUT2D eigenvalue weighted by atomic mass is 35.5. The standard InChI is InChI=1S/C15H21ClFN3O2/c1-11-10-20(8-3-9-22-11)7-2-5-19-15(21)13-12(17)4-6-18-14(13)16/h4,6,11H,2-3,5,7-10H2,1H3,(H,19,21). The maximum Gasteiger partial charge on any atom is 0.257 e. The van der Waals surface area contributed by atoms with Crippen molar-refractivity contribution in [3.63, 3.8) is 0 Å². The molecule has 0 radical (unpaired) electrons. The number of aromatic nitrogens is 1. The van der Waals surface area contributed by atoms with Crippen molar-refractivity contribution in [3.8, 4) is 0 Å². The molecule has 1 aliphatic rings. The molecule has 22 heavy (non-hydrogen) atoms. The molecule has 5 nitrogen and oxygen atoms in total. The number of halogens is 2. The molecule has 2 rings (SSSR count). The van der Waals surface area contributed by atoms with E-state index in [4.69, 9.17) is 16.3 Å². The van der Waals surface area contributed by atoms with Crippen LogP contribution in [0.15, 0.2) is 12.3 Å². The number of rotatable bonds is 5. The van der Waals surface area contributed by atoms with Crippen LogP contribution in [0.25, 0.3) is 0 Å². The number of amides is 1. The number of carbonyl (C=O) groups excluding carboxylic acids is 1. The SMILES string of the molecule is CC1CN(CCCNC(=O)c2c(F)ccnc2Cl)CCCO1. The van der Waals surface area contributed by atoms with Gasteiger partial charge in [-0.3, -0.25) is 4.79 Å². The second-order valence-corrected chi connectivity index (χ2v) is 5.76. The molecular formula is C15H21ClFN3O2. The molecule has 0 aromatic carbocycles. The number of pyridine rings is 1. The Bertz CT molecular complexity index is 495. The lowest BCUT2D eigenvalue weighted by molar-refractivity contribution is 0.0675. The molecule has 0 bridgehead atoms. The zero-order valence-electron chi connectivity index (χ0n) is 12.6. The fourth-order valence-corrected chi connectivity index (χ4v) is 2.73. The molecule has 0 saturated carbocycles. The quantitative estimate of drug-likeness (QED) is 0.664. The minimum atomic E-state index is -0.656. The lowest BCUT2D eigenvalue weighted by Gasteiger charge is -2.21. The van der Waals surface area contributed by atoms with E-state index in [1.807, 2.05) is 0 Å². The van der Waals surface area contributed by atoms with E-state index in [0.717, 1.165) is 45.1 Å². The van der Waals surface area contributed by atoms with E-state index in [2.05, 4.69) is 22.1 Å². The molecule has 1 aliphatic heterocycles. The lowest BCUT2D eigenvalue weighted by Crippen LogP contribution is -2.34. The van der Waals surface area contributed by atoms with Crippen molar-refractivity contribution in [1.29, 1.82) is 0 Å². The van der Waals surface area contributed by atoms with E-state index < -0.39 is 11.7 Å². The summed E-state index contributed by atoms with van der Waals surface area (Å²) >= 11 is 5.76. The van der Waals surface area contributed by atoms with Crippen molar-refractivity contribution in [1.82, 2.24) is 15.2 Å². The Labute approximate surface area is 134 Å². The Morgan fingerprint density at radius 1 is 1.64 bits per heavy atom. The smallest absolute Gasteiger partial charge is 0.257 e. The summed E-state index contributed by atoms with van der Waals surface area (Å²) in [5.74, 6) is -1.18. The fourth-order valence-electron chi connectivity index (χ4n) is 2.49. The number of hydrogen-bond acceptors (Lipinski definition) is 4. The Morgan fingerprint density at radius 3 is 3.23 bits per heavy atom. The van der Waals surface area contributed by atoms with Crippen molar-refractivity contribution in [2.45, 2.75) is 25.9 Å². The van der Waals surface area contributed by atoms with E-state index in [-0.39, 0.29) is 16.8 Å². The van der Waals surface area contributed by atoms with E-state index in [9.17, 15) is 9.18 Å². The van der Waals surface area contributed by atoms with Crippen LogP contribution >= 0.6 is 11.6 Å². The number of nitrogens with zero attached hydrogens (tertiary/aromatic N) is 2. The molecule has 1 unspecified atom stereocenters. The first kappa shape index (κ1) is 17.1. The predicted octanol–water partition coefficient (Wildman–Crippen LogP) is 2.10. The van der Waals surface area contributed by atoms with E-state index in [0.29, 0.717) is 6.54 Å². The Balaban J connectivity index is 1.75. The van der Waals surface area contributed by atoms with Crippen LogP contribution in [0.5, 0.6) is 0 Å². The lowest BCUT2D eigenvalue weighted by atomic mass is 10.2. The van der Waals surface area contributed by atoms with Gasteiger partial charge in [0.15, 0.2) is 0 Å². The van der Waals surface area contributed by atoms with Crippen LogP contribution in [0.1, 0.15) is 30.1 Å². The first-order chi connectivity index (χ1) is 10.6. The Kier molecular flexibility index (Phi) is 6.54. The third-order valence-electron chi connectivity index (χ3n) is 3.55. The van der Waals surface area contributed by atoms with Gasteiger partial charge >= 0.3 is 0 Å². The molecule has 1 aromatic rings. The maximum atomic E-state index is 13.6. The molecule has 0 aliphatic carbocycles. The van der Waals surface area contributed by atoms with Gasteiger partial charge in [-0.15, -0.1) is 0 Å². The molecule has 1 N–H and O–H groups in total. The number of nitrogens with one attached hydrogen (secondary N) is 1. The first-order valence-electron chi connectivity index (χ1n) is 7.50. The fraction of sp³-hybridized carbons (Fsp3) is 0.600. The van der Waals surface area contributed by atoms with Gasteiger partial charge in [0.2, 0.25) is 0 Å². The van der Waals surface area contributed by atoms with Gasteiger partial charge in [0.25, 0.3) is 5.91 Å². The van der Waals surface area contributed by atoms with Crippen LogP contribution < -0.4 is 5.32 Å². The molecule has 1 fully saturated rings. The largest absolute Gasteiger partial charge is 0.377 e. The molecule has 1 amide bonds. The summed E-state index contributed by atoms with van der Waals surface area (Å²) in [7, 11) is 0. The van der Waals surface area contributed by atoms with Crippen molar-refractivity contribution in [2.24, 2.45) is 0 Å². The Hall–Kier alpha value is -1.24. The number of ether oxygens (including phenoxy) is 1. The van der Waals surface area contributed by atoms with E-state index in [1.54, 1.807) is 0 Å². The van der Waals surface area contributed by atoms with Crippen LogP contribution in [-0.4, -0.2) is 54.7 Å². The van der Waals surface area contributed by atoms with Crippen molar-refractivity contribution in [2.75, 3.05) is 32.8 Å². The van der Waals surface area contributed by atoms with Crippen LogP contribution in [0, 0.1) is 5.82 Å². The zero-order valence-corrected chi connectivity index (χ0v) is 13.4. The summed E-state index contributed by atoms with van der Waals surface area (Å²) in [4.78, 5) is 18.0. The predicted molar refractivity (Wildman–Crippen MR) is 82.6 cm³/mol. The van der Waals surface area contributed by atoms with Crippen LogP contribution in [0.3, 0.4) is 0 Å². The molecule has 122 valence electrons. The van der Waals surface area contributed by atoms with Crippen LogP contribution in [0.4, 0.5) is 4.39 Å². The monoisotopic (exact) mass is 329 g/mol. The minimum Gasteiger partial charge on any atom is -0.377 e. The zero-order chi connectivity index (χ0) is 15.9. The summed E-state index contributed by atoms with van der Waals surface area (Å²) in [5.41, 5.74) is -0.194. The van der Waals surface area contributed by atoms with Gasteiger partial charge in [-0.05, 0) is 32.4 Å². The number of carbonyl (C=O) groups is 1. The third kappa shape index (κ3) is 4.90. The maximum absolute atomic E-state index is 13.6. The van der Waals surface area contributed by atoms with Gasteiger partial charge in [0, 0.05) is 32.4 Å². The molecule has 0 spiro atoms. The van der Waals surface area contributed by atoms with Crippen molar-refractivity contribution >= 4 is 17.5 Å². The van der Waals surface area contributed by atoms with Crippen LogP contribution in [-0.2, 0) is 4.74 Å². The molecule has 7 heteroatoms. The average Bonchev–Trinajstić information content (AvgIpc) is 2.67. The van der Waals surface area contributed by atoms with E-state index in [1.165, 1.54) is 6.20 Å². The summed E-state index contributed by atoms with van der Waals surface area (Å²) < 4.78 is 19.2. The molecule has 1 aromatic heterocycles. The second kappa shape index (κ2) is 8.41. The summed E-state index contributed by atoms with van der Waals surface area (Å²) in [6.07, 6.45) is 3.28. The summed E-state index contributed by atoms with van der Waals surface area (Å²) in [6, 6.07) is 1.12. The van der Waals surface area contributed by atoms with Gasteiger partial charge in [-0.1, -0.05) is 11.6 Å². The second-order valence-electron chi connectivity index (χ2n) is 5.40. The first-order valence-corrected chi connectivity index (χ1v) is 7.88. The van der Waals surface area contributed by atoms with Gasteiger partial charge in [-0.25, -0.2) is 9.37 Å². The average molecular weight is 330 g/mol. The van der Waals surface area contributed by atoms with Crippen molar-refractivity contribution in [3.05, 3.63) is 28.8 Å². The third-order valence-corrected chi connectivity index (χ3v) is 3.84. The topological polar surface area (TPSA) is 54.5 Å². The van der Waals surface area contributed by atoms with Crippen molar-refractivity contribution < 1.29 is 13.9 Å². The highest BCUT2D eigenvalue weighted by Crippen LogP contribution is 2.15. The molecule has 1 atom stereocenters. The normalized spacial score (nSPS) is 19.7. The van der Waals surface area contributed by atoms with Gasteiger partial charge < -0.3 is 15.0 Å². The molecular weight excluding hydrogens is 309 g/mol. The van der Waals surface area contributed by atoms with Gasteiger partial charge in [-0.2, -0.15) is 0 Å². The van der Waals surface area contributed by atoms with Gasteiger partial charge in [0.05, 0.1) is 6.10 Å². The molecule has 2 heterocycles. The Morgan fingerprint density at radius 2 is 2.45 bits per heavy atom. The minimum absolute atomic E-state index is 0.115. The van der Waals surface area contributed by atoms with Gasteiger partial charge in [0.1, 0.15) is 16.5 Å². The van der Waals surface area contributed by atoms with Crippen LogP contribution in [0.2, 0.25) is 5.15 Å². The number of hydrogen-bond donors (Lipinski definition) is 1. The van der Waals surface area contributed by atoms with E-state index >= 15 is 0 Å². The highest BCUT2D eigenvalue weighted by molar-refractivity contribution is 6.32.